The summed E-state index contributed by atoms with van der Waals surface area (Å²) >= 11 is 6.39. The molecule has 1 aromatic carbocycles. The van der Waals surface area contributed by atoms with Crippen LogP contribution in [0, 0.1) is 0 Å². The first-order chi connectivity index (χ1) is 9.15. The first-order valence-electron chi connectivity index (χ1n) is 7.40. The summed E-state index contributed by atoms with van der Waals surface area (Å²) in [5.41, 5.74) is 2.49. The lowest BCUT2D eigenvalue weighted by molar-refractivity contribution is 0.620. The largest absolute Gasteiger partial charge is 0.369 e. The van der Waals surface area contributed by atoms with E-state index < -0.39 is 0 Å². The lowest BCUT2D eigenvalue weighted by Gasteiger charge is -2.32. The third kappa shape index (κ3) is 4.39. The van der Waals surface area contributed by atoms with Gasteiger partial charge in [-0.25, -0.2) is 0 Å². The van der Waals surface area contributed by atoms with Gasteiger partial charge >= 0.3 is 0 Å². The van der Waals surface area contributed by atoms with Gasteiger partial charge in [0.25, 0.3) is 0 Å². The Balaban J connectivity index is 3.00. The van der Waals surface area contributed by atoms with Crippen molar-refractivity contribution in [3.8, 4) is 0 Å². The number of halogens is 1. The van der Waals surface area contributed by atoms with Crippen LogP contribution in [-0.2, 0) is 6.54 Å². The molecule has 0 heterocycles. The third-order valence-electron chi connectivity index (χ3n) is 3.60. The number of hydrogen-bond acceptors (Lipinski definition) is 2. The maximum atomic E-state index is 6.39. The second-order valence-electron chi connectivity index (χ2n) is 4.96. The van der Waals surface area contributed by atoms with Crippen molar-refractivity contribution in [3.05, 3.63) is 28.8 Å². The Kier molecular flexibility index (Phi) is 7.25. The zero-order chi connectivity index (χ0) is 14.3. The highest BCUT2D eigenvalue weighted by Crippen LogP contribution is 2.29. The SMILES string of the molecule is CCCNCc1c(Cl)cccc1N(CC)C(C)CC. The first kappa shape index (κ1) is 16.3. The van der Waals surface area contributed by atoms with Crippen LogP contribution in [0.3, 0.4) is 0 Å². The molecule has 0 aliphatic carbocycles. The maximum absolute atomic E-state index is 6.39. The summed E-state index contributed by atoms with van der Waals surface area (Å²) < 4.78 is 0. The van der Waals surface area contributed by atoms with E-state index in [9.17, 15) is 0 Å². The van der Waals surface area contributed by atoms with Crippen LogP contribution in [0.4, 0.5) is 5.69 Å². The highest BCUT2D eigenvalue weighted by Gasteiger charge is 2.16. The number of anilines is 1. The Morgan fingerprint density at radius 1 is 1.26 bits per heavy atom. The fraction of sp³-hybridized carbons (Fsp3) is 0.625. The van der Waals surface area contributed by atoms with Crippen LogP contribution in [0.1, 0.15) is 46.1 Å². The average Bonchev–Trinajstić information content (AvgIpc) is 2.42. The summed E-state index contributed by atoms with van der Waals surface area (Å²) in [4.78, 5) is 2.44. The van der Waals surface area contributed by atoms with Gasteiger partial charge < -0.3 is 10.2 Å². The van der Waals surface area contributed by atoms with Gasteiger partial charge in [-0.1, -0.05) is 31.5 Å². The highest BCUT2D eigenvalue weighted by atomic mass is 35.5. The molecule has 1 unspecified atom stereocenters. The summed E-state index contributed by atoms with van der Waals surface area (Å²) in [6, 6.07) is 6.75. The Morgan fingerprint density at radius 2 is 2.00 bits per heavy atom. The molecule has 0 aliphatic rings. The van der Waals surface area contributed by atoms with E-state index >= 15 is 0 Å². The molecule has 0 radical (unpaired) electrons. The second-order valence-corrected chi connectivity index (χ2v) is 5.36. The minimum atomic E-state index is 0.536. The van der Waals surface area contributed by atoms with Gasteiger partial charge in [0.2, 0.25) is 0 Å². The molecule has 3 heteroatoms. The summed E-state index contributed by atoms with van der Waals surface area (Å²) in [5.74, 6) is 0. The topological polar surface area (TPSA) is 15.3 Å². The molecule has 0 bridgehead atoms. The van der Waals surface area contributed by atoms with Crippen molar-refractivity contribution in [3.63, 3.8) is 0 Å². The molecule has 1 N–H and O–H groups in total. The van der Waals surface area contributed by atoms with E-state index in [1.165, 1.54) is 11.3 Å². The average molecular weight is 283 g/mol. The Morgan fingerprint density at radius 3 is 2.58 bits per heavy atom. The second kappa shape index (κ2) is 8.44. The molecule has 108 valence electrons. The summed E-state index contributed by atoms with van der Waals surface area (Å²) in [6.45, 7) is 11.8. The zero-order valence-electron chi connectivity index (χ0n) is 12.7. The Labute approximate surface area is 123 Å². The van der Waals surface area contributed by atoms with Crippen LogP contribution in [0.2, 0.25) is 5.02 Å². The standard InChI is InChI=1S/C16H27ClN2/c1-5-11-18-12-14-15(17)9-8-10-16(14)19(7-3)13(4)6-2/h8-10,13,18H,5-7,11-12H2,1-4H3. The van der Waals surface area contributed by atoms with Gasteiger partial charge in [-0.15, -0.1) is 0 Å². The van der Waals surface area contributed by atoms with Crippen molar-refractivity contribution < 1.29 is 0 Å². The van der Waals surface area contributed by atoms with E-state index in [4.69, 9.17) is 11.6 Å². The normalized spacial score (nSPS) is 12.5. The lowest BCUT2D eigenvalue weighted by Crippen LogP contribution is -2.33. The lowest BCUT2D eigenvalue weighted by atomic mass is 10.1. The molecule has 0 spiro atoms. The molecule has 1 rings (SSSR count). The van der Waals surface area contributed by atoms with E-state index in [1.807, 2.05) is 12.1 Å². The van der Waals surface area contributed by atoms with Crippen molar-refractivity contribution in [1.29, 1.82) is 0 Å². The van der Waals surface area contributed by atoms with Crippen molar-refractivity contribution in [2.45, 2.75) is 53.1 Å². The van der Waals surface area contributed by atoms with Crippen molar-refractivity contribution >= 4 is 17.3 Å². The molecule has 0 aromatic heterocycles. The number of rotatable bonds is 8. The van der Waals surface area contributed by atoms with Crippen LogP contribution in [0.15, 0.2) is 18.2 Å². The van der Waals surface area contributed by atoms with Crippen LogP contribution in [-0.4, -0.2) is 19.1 Å². The highest BCUT2D eigenvalue weighted by molar-refractivity contribution is 6.31. The van der Waals surface area contributed by atoms with Crippen LogP contribution in [0.5, 0.6) is 0 Å². The van der Waals surface area contributed by atoms with Gasteiger partial charge in [0.05, 0.1) is 0 Å². The Bertz CT molecular complexity index is 379. The van der Waals surface area contributed by atoms with Crippen LogP contribution >= 0.6 is 11.6 Å². The van der Waals surface area contributed by atoms with Gasteiger partial charge in [-0.2, -0.15) is 0 Å². The number of nitrogens with one attached hydrogen (secondary N) is 1. The summed E-state index contributed by atoms with van der Waals surface area (Å²) in [6.07, 6.45) is 2.28. The fourth-order valence-corrected chi connectivity index (χ4v) is 2.56. The van der Waals surface area contributed by atoms with Crippen molar-refractivity contribution in [2.24, 2.45) is 0 Å². The van der Waals surface area contributed by atoms with E-state index in [2.05, 4.69) is 44.0 Å². The quantitative estimate of drug-likeness (QED) is 0.708. The maximum Gasteiger partial charge on any atom is 0.0471 e. The molecule has 0 saturated heterocycles. The molecular weight excluding hydrogens is 256 g/mol. The summed E-state index contributed by atoms with van der Waals surface area (Å²) in [5, 5.41) is 4.32. The van der Waals surface area contributed by atoms with E-state index in [0.717, 1.165) is 37.5 Å². The fourth-order valence-electron chi connectivity index (χ4n) is 2.32. The van der Waals surface area contributed by atoms with E-state index in [1.54, 1.807) is 0 Å². The zero-order valence-corrected chi connectivity index (χ0v) is 13.4. The Hall–Kier alpha value is -0.730. The van der Waals surface area contributed by atoms with Crippen molar-refractivity contribution in [1.82, 2.24) is 5.32 Å². The molecule has 19 heavy (non-hydrogen) atoms. The van der Waals surface area contributed by atoms with Crippen LogP contribution < -0.4 is 10.2 Å². The van der Waals surface area contributed by atoms with Gasteiger partial charge in [-0.3, -0.25) is 0 Å². The van der Waals surface area contributed by atoms with Crippen LogP contribution in [0.25, 0.3) is 0 Å². The minimum absolute atomic E-state index is 0.536. The van der Waals surface area contributed by atoms with E-state index in [0.29, 0.717) is 6.04 Å². The van der Waals surface area contributed by atoms with Gasteiger partial charge in [0.1, 0.15) is 0 Å². The van der Waals surface area contributed by atoms with Gasteiger partial charge in [-0.05, 0) is 45.4 Å². The predicted octanol–water partition coefficient (Wildman–Crippen LogP) is 4.46. The molecule has 2 nitrogen and oxygen atoms in total. The molecule has 0 fully saturated rings. The molecule has 0 amide bonds. The van der Waals surface area contributed by atoms with Gasteiger partial charge in [0.15, 0.2) is 0 Å². The summed E-state index contributed by atoms with van der Waals surface area (Å²) in [7, 11) is 0. The van der Waals surface area contributed by atoms with E-state index in [-0.39, 0.29) is 0 Å². The monoisotopic (exact) mass is 282 g/mol. The minimum Gasteiger partial charge on any atom is -0.369 e. The number of nitrogens with zero attached hydrogens (tertiary/aromatic N) is 1. The predicted molar refractivity (Wildman–Crippen MR) is 86.2 cm³/mol. The number of benzene rings is 1. The molecule has 1 aromatic rings. The molecule has 0 saturated carbocycles. The number of hydrogen-bond donors (Lipinski definition) is 1. The molecular formula is C16H27ClN2. The van der Waals surface area contributed by atoms with Crippen molar-refractivity contribution in [2.75, 3.05) is 18.0 Å². The first-order valence-corrected chi connectivity index (χ1v) is 7.78. The third-order valence-corrected chi connectivity index (χ3v) is 3.95. The molecule has 0 aliphatic heterocycles. The molecule has 1 atom stereocenters. The van der Waals surface area contributed by atoms with Gasteiger partial charge in [0, 0.05) is 35.4 Å². The smallest absolute Gasteiger partial charge is 0.0471 e.